The van der Waals surface area contributed by atoms with E-state index in [-0.39, 0.29) is 0 Å². The van der Waals surface area contributed by atoms with Crippen LogP contribution in [0.25, 0.3) is 22.1 Å². The summed E-state index contributed by atoms with van der Waals surface area (Å²) < 4.78 is 2.09. The number of aryl methyl sites for hydroxylation is 1. The zero-order valence-electron chi connectivity index (χ0n) is 9.42. The Balaban J connectivity index is 2.49. The Morgan fingerprint density at radius 3 is 2.65 bits per heavy atom. The summed E-state index contributed by atoms with van der Waals surface area (Å²) in [6.07, 6.45) is 0.844. The maximum Gasteiger partial charge on any atom is 0.231 e. The largest absolute Gasteiger partial charge is 0.298 e. The van der Waals surface area contributed by atoms with E-state index in [1.807, 2.05) is 49.5 Å². The average Bonchev–Trinajstić information content (AvgIpc) is 2.38. The van der Waals surface area contributed by atoms with Crippen molar-refractivity contribution < 1.29 is 9.36 Å². The van der Waals surface area contributed by atoms with Crippen LogP contribution in [-0.4, -0.2) is 11.3 Å². The standard InChI is InChI=1S/C14H11N2O/c1-16-13-5-3-2-4-11(13)15-12-8-10(9-17)6-7-14(12)16/h2-9H,1H3/q+1. The Labute approximate surface area is 98.3 Å². The molecule has 0 atom stereocenters. The third-order valence-electron chi connectivity index (χ3n) is 2.98. The number of carbonyl (C=O) groups excluding carboxylic acids is 1. The van der Waals surface area contributed by atoms with Crippen LogP contribution in [0.3, 0.4) is 0 Å². The van der Waals surface area contributed by atoms with Gasteiger partial charge in [0, 0.05) is 17.7 Å². The highest BCUT2D eigenvalue weighted by atomic mass is 16.1. The van der Waals surface area contributed by atoms with E-state index in [4.69, 9.17) is 0 Å². The van der Waals surface area contributed by atoms with Crippen LogP contribution in [0.4, 0.5) is 0 Å². The molecule has 0 aliphatic heterocycles. The van der Waals surface area contributed by atoms with Crippen molar-refractivity contribution in [3.8, 4) is 0 Å². The van der Waals surface area contributed by atoms with E-state index in [1.165, 1.54) is 0 Å². The molecule has 0 radical (unpaired) electrons. The fourth-order valence-electron chi connectivity index (χ4n) is 2.09. The van der Waals surface area contributed by atoms with Gasteiger partial charge in [0.1, 0.15) is 24.4 Å². The molecule has 0 bridgehead atoms. The maximum absolute atomic E-state index is 10.8. The zero-order chi connectivity index (χ0) is 11.8. The Bertz CT molecular complexity index is 735. The lowest BCUT2D eigenvalue weighted by molar-refractivity contribution is -0.617. The lowest BCUT2D eigenvalue weighted by Crippen LogP contribution is -2.30. The summed E-state index contributed by atoms with van der Waals surface area (Å²) in [6, 6.07) is 13.5. The van der Waals surface area contributed by atoms with E-state index in [9.17, 15) is 4.79 Å². The first-order chi connectivity index (χ1) is 8.29. The van der Waals surface area contributed by atoms with Crippen molar-refractivity contribution in [2.75, 3.05) is 0 Å². The highest BCUT2D eigenvalue weighted by molar-refractivity contribution is 5.86. The number of fused-ring (bicyclic) bond motifs is 2. The maximum atomic E-state index is 10.8. The topological polar surface area (TPSA) is 33.8 Å². The van der Waals surface area contributed by atoms with E-state index < -0.39 is 0 Å². The Hall–Kier alpha value is -2.29. The Morgan fingerprint density at radius 2 is 1.82 bits per heavy atom. The molecule has 0 saturated heterocycles. The predicted octanol–water partition coefficient (Wildman–Crippen LogP) is 2.02. The van der Waals surface area contributed by atoms with Gasteiger partial charge >= 0.3 is 0 Å². The fraction of sp³-hybridized carbons (Fsp3) is 0.0714. The number of benzene rings is 2. The molecular weight excluding hydrogens is 212 g/mol. The van der Waals surface area contributed by atoms with Gasteiger partial charge in [-0.05, 0) is 18.2 Å². The summed E-state index contributed by atoms with van der Waals surface area (Å²) in [4.78, 5) is 15.3. The van der Waals surface area contributed by atoms with Crippen LogP contribution in [0.1, 0.15) is 10.4 Å². The number of hydrogen-bond acceptors (Lipinski definition) is 2. The van der Waals surface area contributed by atoms with Gasteiger partial charge in [0.25, 0.3) is 0 Å². The fourth-order valence-corrected chi connectivity index (χ4v) is 2.09. The molecule has 2 aromatic carbocycles. The lowest BCUT2D eigenvalue weighted by atomic mass is 10.2. The first kappa shape index (κ1) is 9.90. The van der Waals surface area contributed by atoms with Gasteiger partial charge in [-0.15, -0.1) is 0 Å². The summed E-state index contributed by atoms with van der Waals surface area (Å²) in [7, 11) is 2.01. The number of rotatable bonds is 1. The number of carbonyl (C=O) groups is 1. The Morgan fingerprint density at radius 1 is 1.06 bits per heavy atom. The molecule has 0 unspecified atom stereocenters. The smallest absolute Gasteiger partial charge is 0.231 e. The third-order valence-corrected chi connectivity index (χ3v) is 2.98. The molecule has 0 saturated carbocycles. The average molecular weight is 223 g/mol. The monoisotopic (exact) mass is 223 g/mol. The van der Waals surface area contributed by atoms with Gasteiger partial charge in [0.2, 0.25) is 11.0 Å². The van der Waals surface area contributed by atoms with Crippen molar-refractivity contribution >= 4 is 28.4 Å². The summed E-state index contributed by atoms with van der Waals surface area (Å²) in [5.41, 5.74) is 4.54. The summed E-state index contributed by atoms with van der Waals surface area (Å²) >= 11 is 0. The number of hydrogen-bond donors (Lipinski definition) is 0. The lowest BCUT2D eigenvalue weighted by Gasteiger charge is -2.01. The van der Waals surface area contributed by atoms with Gasteiger partial charge < -0.3 is 0 Å². The van der Waals surface area contributed by atoms with Crippen molar-refractivity contribution in [1.29, 1.82) is 0 Å². The van der Waals surface area contributed by atoms with E-state index in [1.54, 1.807) is 0 Å². The molecule has 0 N–H and O–H groups in total. The van der Waals surface area contributed by atoms with Crippen molar-refractivity contribution in [2.24, 2.45) is 7.05 Å². The number of para-hydroxylation sites is 2. The molecule has 1 aromatic heterocycles. The third kappa shape index (κ3) is 1.47. The number of aromatic nitrogens is 2. The second-order valence-corrected chi connectivity index (χ2v) is 4.03. The normalized spacial score (nSPS) is 10.9. The van der Waals surface area contributed by atoms with Gasteiger partial charge in [0.15, 0.2) is 0 Å². The van der Waals surface area contributed by atoms with Gasteiger partial charge in [-0.2, -0.15) is 4.57 Å². The molecule has 17 heavy (non-hydrogen) atoms. The van der Waals surface area contributed by atoms with E-state index in [0.29, 0.717) is 5.56 Å². The second kappa shape index (κ2) is 3.63. The van der Waals surface area contributed by atoms with Crippen LogP contribution in [0, 0.1) is 0 Å². The highest BCUT2D eigenvalue weighted by Crippen LogP contribution is 2.14. The first-order valence-corrected chi connectivity index (χ1v) is 5.43. The van der Waals surface area contributed by atoms with Crippen molar-refractivity contribution in [1.82, 2.24) is 4.98 Å². The first-order valence-electron chi connectivity index (χ1n) is 5.43. The van der Waals surface area contributed by atoms with E-state index >= 15 is 0 Å². The van der Waals surface area contributed by atoms with Crippen LogP contribution in [0.5, 0.6) is 0 Å². The van der Waals surface area contributed by atoms with Crippen LogP contribution in [0.2, 0.25) is 0 Å². The molecule has 3 aromatic rings. The molecule has 0 fully saturated rings. The molecular formula is C14H11N2O+. The number of aldehydes is 1. The minimum Gasteiger partial charge on any atom is -0.298 e. The van der Waals surface area contributed by atoms with Gasteiger partial charge in [-0.3, -0.25) is 4.79 Å². The summed E-state index contributed by atoms with van der Waals surface area (Å²) in [6.45, 7) is 0. The molecule has 82 valence electrons. The van der Waals surface area contributed by atoms with Crippen molar-refractivity contribution in [2.45, 2.75) is 0 Å². The van der Waals surface area contributed by atoms with E-state index in [2.05, 4.69) is 9.55 Å². The summed E-state index contributed by atoms with van der Waals surface area (Å²) in [5.74, 6) is 0. The minimum absolute atomic E-state index is 0.653. The molecule has 0 amide bonds. The molecule has 3 heteroatoms. The SMILES string of the molecule is C[n+]1c2ccccc2nc2cc(C=O)ccc21. The molecule has 1 heterocycles. The van der Waals surface area contributed by atoms with Crippen LogP contribution >= 0.6 is 0 Å². The minimum atomic E-state index is 0.653. The molecule has 0 aliphatic rings. The number of nitrogens with zero attached hydrogens (tertiary/aromatic N) is 2. The van der Waals surface area contributed by atoms with Crippen LogP contribution < -0.4 is 4.57 Å². The summed E-state index contributed by atoms with van der Waals surface area (Å²) in [5, 5.41) is 0. The molecule has 0 aliphatic carbocycles. The van der Waals surface area contributed by atoms with Crippen LogP contribution in [-0.2, 0) is 7.05 Å². The second-order valence-electron chi connectivity index (χ2n) is 4.03. The van der Waals surface area contributed by atoms with E-state index in [0.717, 1.165) is 28.4 Å². The molecule has 3 nitrogen and oxygen atoms in total. The quantitative estimate of drug-likeness (QED) is 0.359. The van der Waals surface area contributed by atoms with Crippen molar-refractivity contribution in [3.63, 3.8) is 0 Å². The Kier molecular flexibility index (Phi) is 2.11. The van der Waals surface area contributed by atoms with Crippen molar-refractivity contribution in [3.05, 3.63) is 48.0 Å². The van der Waals surface area contributed by atoms with Gasteiger partial charge in [0.05, 0.1) is 0 Å². The molecule has 0 spiro atoms. The van der Waals surface area contributed by atoms with Gasteiger partial charge in [-0.1, -0.05) is 12.1 Å². The predicted molar refractivity (Wildman–Crippen MR) is 65.8 cm³/mol. The van der Waals surface area contributed by atoms with Gasteiger partial charge in [-0.25, -0.2) is 4.98 Å². The zero-order valence-corrected chi connectivity index (χ0v) is 9.42. The molecule has 3 rings (SSSR count). The van der Waals surface area contributed by atoms with Crippen LogP contribution in [0.15, 0.2) is 42.5 Å². The highest BCUT2D eigenvalue weighted by Gasteiger charge is 2.12.